The molecule has 0 unspecified atom stereocenters. The Bertz CT molecular complexity index is 1430. The summed E-state index contributed by atoms with van der Waals surface area (Å²) in [6, 6.07) is 11.5. The van der Waals surface area contributed by atoms with Crippen LogP contribution < -0.4 is 10.1 Å². The van der Waals surface area contributed by atoms with E-state index < -0.39 is 24.6 Å². The van der Waals surface area contributed by atoms with Crippen LogP contribution in [0.1, 0.15) is 15.9 Å². The Morgan fingerprint density at radius 1 is 0.864 bits per heavy atom. The lowest BCUT2D eigenvalue weighted by Gasteiger charge is -2.36. The number of rotatable bonds is 9. The van der Waals surface area contributed by atoms with E-state index in [0.29, 0.717) is 75.7 Å². The molecule has 0 saturated carbocycles. The van der Waals surface area contributed by atoms with Crippen molar-refractivity contribution in [2.45, 2.75) is 12.7 Å². The number of piperazine rings is 1. The van der Waals surface area contributed by atoms with Gasteiger partial charge in [0.25, 0.3) is 5.91 Å². The monoisotopic (exact) mass is 617 g/mol. The Kier molecular flexibility index (Phi) is 9.85. The first kappa shape index (κ1) is 31.1. The predicted octanol–water partition coefficient (Wildman–Crippen LogP) is 2.85. The number of anilines is 1. The van der Waals surface area contributed by atoms with Crippen molar-refractivity contribution in [1.29, 1.82) is 0 Å². The largest absolute Gasteiger partial charge is 0.454 e. The molecule has 0 bridgehead atoms. The molecule has 234 valence electrons. The molecule has 5 rings (SSSR count). The zero-order valence-corrected chi connectivity index (χ0v) is 23.7. The maximum Gasteiger partial charge on any atom is 0.422 e. The molecule has 15 heteroatoms. The van der Waals surface area contributed by atoms with Gasteiger partial charge in [-0.05, 0) is 29.8 Å². The van der Waals surface area contributed by atoms with Crippen molar-refractivity contribution in [2.75, 3.05) is 71.0 Å². The van der Waals surface area contributed by atoms with E-state index in [4.69, 9.17) is 9.47 Å². The van der Waals surface area contributed by atoms with E-state index in [1.54, 1.807) is 46.2 Å². The van der Waals surface area contributed by atoms with Crippen molar-refractivity contribution in [1.82, 2.24) is 29.7 Å². The fraction of sp³-hybridized carbons (Fsp3) is 0.414. The highest BCUT2D eigenvalue weighted by molar-refractivity contribution is 5.94. The number of carbonyl (C=O) groups is 2. The van der Waals surface area contributed by atoms with Gasteiger partial charge in [-0.1, -0.05) is 24.3 Å². The quantitative estimate of drug-likeness (QED) is 0.362. The summed E-state index contributed by atoms with van der Waals surface area (Å²) in [5.41, 5.74) is 1.54. The first-order chi connectivity index (χ1) is 21.1. The summed E-state index contributed by atoms with van der Waals surface area (Å²) in [5, 5.41) is 2.89. The number of alkyl halides is 3. The number of hydrogen-bond donors (Lipinski definition) is 1. The van der Waals surface area contributed by atoms with Gasteiger partial charge in [-0.25, -0.2) is 4.39 Å². The van der Waals surface area contributed by atoms with Gasteiger partial charge >= 0.3 is 12.2 Å². The SMILES string of the molecule is O=C(CN1CCN(C(=O)c2ccc(-c3nc(NCc4ccc(F)cc4)nc(OCC(F)(F)F)n3)cc2)CC1)N1CCOCC1. The van der Waals surface area contributed by atoms with Crippen molar-refractivity contribution in [3.63, 3.8) is 0 Å². The maximum absolute atomic E-state index is 13.2. The van der Waals surface area contributed by atoms with Crippen molar-refractivity contribution < 1.29 is 36.6 Å². The van der Waals surface area contributed by atoms with Crippen LogP contribution in [0.2, 0.25) is 0 Å². The molecule has 3 heterocycles. The van der Waals surface area contributed by atoms with Gasteiger partial charge < -0.3 is 24.6 Å². The van der Waals surface area contributed by atoms with Gasteiger partial charge in [0, 0.05) is 56.9 Å². The minimum absolute atomic E-state index is 0.0383. The first-order valence-electron chi connectivity index (χ1n) is 14.0. The summed E-state index contributed by atoms with van der Waals surface area (Å²) in [6.45, 7) is 3.23. The molecule has 11 nitrogen and oxygen atoms in total. The van der Waals surface area contributed by atoms with E-state index in [1.165, 1.54) is 12.1 Å². The van der Waals surface area contributed by atoms with Crippen molar-refractivity contribution in [2.24, 2.45) is 0 Å². The Morgan fingerprint density at radius 3 is 2.20 bits per heavy atom. The van der Waals surface area contributed by atoms with E-state index >= 15 is 0 Å². The highest BCUT2D eigenvalue weighted by Gasteiger charge is 2.29. The van der Waals surface area contributed by atoms with E-state index in [0.717, 1.165) is 0 Å². The molecule has 0 atom stereocenters. The average molecular weight is 618 g/mol. The number of ether oxygens (including phenoxy) is 2. The van der Waals surface area contributed by atoms with Crippen LogP contribution in [-0.4, -0.2) is 113 Å². The smallest absolute Gasteiger partial charge is 0.422 e. The molecule has 0 aliphatic carbocycles. The second-order valence-electron chi connectivity index (χ2n) is 10.3. The second kappa shape index (κ2) is 13.9. The normalized spacial score (nSPS) is 16.1. The van der Waals surface area contributed by atoms with Gasteiger partial charge in [0.2, 0.25) is 11.9 Å². The fourth-order valence-corrected chi connectivity index (χ4v) is 4.72. The number of halogens is 4. The number of benzene rings is 2. The number of hydrogen-bond acceptors (Lipinski definition) is 9. The lowest BCUT2D eigenvalue weighted by molar-refractivity contribution is -0.154. The Morgan fingerprint density at radius 2 is 1.55 bits per heavy atom. The zero-order chi connectivity index (χ0) is 31.1. The topological polar surface area (TPSA) is 113 Å². The minimum Gasteiger partial charge on any atom is -0.454 e. The molecule has 2 fully saturated rings. The summed E-state index contributed by atoms with van der Waals surface area (Å²) < 4.78 is 61.7. The van der Waals surface area contributed by atoms with Crippen LogP contribution in [0.3, 0.4) is 0 Å². The molecule has 2 saturated heterocycles. The minimum atomic E-state index is -4.60. The summed E-state index contributed by atoms with van der Waals surface area (Å²) in [5.74, 6) is -0.526. The van der Waals surface area contributed by atoms with E-state index in [2.05, 4.69) is 20.3 Å². The van der Waals surface area contributed by atoms with E-state index in [9.17, 15) is 27.2 Å². The molecular weight excluding hydrogens is 586 g/mol. The van der Waals surface area contributed by atoms with Crippen LogP contribution in [0.15, 0.2) is 48.5 Å². The summed E-state index contributed by atoms with van der Waals surface area (Å²) in [4.78, 5) is 43.5. The second-order valence-corrected chi connectivity index (χ2v) is 10.3. The maximum atomic E-state index is 13.2. The van der Waals surface area contributed by atoms with Crippen molar-refractivity contribution in [3.8, 4) is 17.4 Å². The van der Waals surface area contributed by atoms with Crippen LogP contribution in [0.4, 0.5) is 23.5 Å². The predicted molar refractivity (Wildman–Crippen MR) is 150 cm³/mol. The molecule has 0 spiro atoms. The lowest BCUT2D eigenvalue weighted by Crippen LogP contribution is -2.52. The van der Waals surface area contributed by atoms with Gasteiger partial charge in [-0.3, -0.25) is 14.5 Å². The third-order valence-electron chi connectivity index (χ3n) is 7.12. The molecule has 2 aromatic carbocycles. The van der Waals surface area contributed by atoms with Gasteiger partial charge in [0.05, 0.1) is 19.8 Å². The number of aromatic nitrogens is 3. The van der Waals surface area contributed by atoms with Crippen molar-refractivity contribution in [3.05, 3.63) is 65.5 Å². The standard InChI is InChI=1S/C29H31F4N7O4/c30-23-7-1-20(2-8-23)17-34-27-35-25(36-28(37-27)44-19-29(31,32)33)21-3-5-22(6-4-21)26(42)40-11-9-38(10-12-40)18-24(41)39-13-15-43-16-14-39/h1-8H,9-19H2,(H,34,35,36,37). The van der Waals surface area contributed by atoms with Crippen LogP contribution >= 0.6 is 0 Å². The third-order valence-corrected chi connectivity index (χ3v) is 7.12. The number of nitrogens with zero attached hydrogens (tertiary/aromatic N) is 6. The molecule has 1 N–H and O–H groups in total. The number of carbonyl (C=O) groups excluding carboxylic acids is 2. The Balaban J connectivity index is 1.22. The van der Waals surface area contributed by atoms with Crippen LogP contribution in [-0.2, 0) is 16.1 Å². The summed E-state index contributed by atoms with van der Waals surface area (Å²) in [6.07, 6.45) is -4.60. The number of amides is 2. The van der Waals surface area contributed by atoms with Crippen molar-refractivity contribution >= 4 is 17.8 Å². The lowest BCUT2D eigenvalue weighted by atomic mass is 10.1. The molecule has 0 radical (unpaired) electrons. The molecule has 44 heavy (non-hydrogen) atoms. The van der Waals surface area contributed by atoms with E-state index in [-0.39, 0.29) is 30.1 Å². The fourth-order valence-electron chi connectivity index (χ4n) is 4.72. The Labute approximate surface area is 250 Å². The van der Waals surface area contributed by atoms with Gasteiger partial charge in [0.15, 0.2) is 12.4 Å². The average Bonchev–Trinajstić information content (AvgIpc) is 3.03. The van der Waals surface area contributed by atoms with Gasteiger partial charge in [-0.2, -0.15) is 28.1 Å². The molecule has 3 aromatic rings. The van der Waals surface area contributed by atoms with Crippen LogP contribution in [0, 0.1) is 5.82 Å². The Hall–Kier alpha value is -4.37. The molecule has 2 amide bonds. The summed E-state index contributed by atoms with van der Waals surface area (Å²) in [7, 11) is 0. The highest BCUT2D eigenvalue weighted by Crippen LogP contribution is 2.23. The highest BCUT2D eigenvalue weighted by atomic mass is 19.4. The zero-order valence-electron chi connectivity index (χ0n) is 23.7. The van der Waals surface area contributed by atoms with Gasteiger partial charge in [0.1, 0.15) is 5.82 Å². The number of morpholine rings is 1. The first-order valence-corrected chi connectivity index (χ1v) is 14.0. The molecular formula is C29H31F4N7O4. The molecule has 2 aliphatic rings. The molecule has 2 aliphatic heterocycles. The molecule has 1 aromatic heterocycles. The van der Waals surface area contributed by atoms with Gasteiger partial charge in [-0.15, -0.1) is 0 Å². The number of nitrogens with one attached hydrogen (secondary N) is 1. The van der Waals surface area contributed by atoms with E-state index in [1.807, 2.05) is 4.90 Å². The van der Waals surface area contributed by atoms with Crippen LogP contribution in [0.25, 0.3) is 11.4 Å². The summed E-state index contributed by atoms with van der Waals surface area (Å²) >= 11 is 0. The third kappa shape index (κ3) is 8.60. The van der Waals surface area contributed by atoms with Crippen LogP contribution in [0.5, 0.6) is 6.01 Å².